The fraction of sp³-hybridized carbons (Fsp3) is 0.136. The molecule has 0 fully saturated rings. The van der Waals surface area contributed by atoms with Gasteiger partial charge in [-0.3, -0.25) is 4.79 Å². The largest absolute Gasteiger partial charge is 0.322 e. The summed E-state index contributed by atoms with van der Waals surface area (Å²) >= 11 is 0. The Balaban J connectivity index is 1.65. The number of aromatic nitrogens is 3. The van der Waals surface area contributed by atoms with Crippen LogP contribution >= 0.6 is 0 Å². The number of nitrogens with one attached hydrogen (secondary N) is 1. The highest BCUT2D eigenvalue weighted by Gasteiger charge is 2.16. The summed E-state index contributed by atoms with van der Waals surface area (Å²) < 4.78 is 1.69. The lowest BCUT2D eigenvalue weighted by molar-refractivity contribution is 0.102. The van der Waals surface area contributed by atoms with Gasteiger partial charge < -0.3 is 5.32 Å². The van der Waals surface area contributed by atoms with Crippen molar-refractivity contribution in [2.75, 3.05) is 5.32 Å². The average molecular weight is 356 g/mol. The first-order chi connectivity index (χ1) is 13.0. The predicted octanol–water partition coefficient (Wildman–Crippen LogP) is 4.57. The molecule has 0 saturated heterocycles. The molecule has 1 amide bonds. The van der Waals surface area contributed by atoms with Crippen LogP contribution in [0.2, 0.25) is 0 Å². The molecule has 2 aromatic carbocycles. The average Bonchev–Trinajstić information content (AvgIpc) is 3.06. The normalized spacial score (nSPS) is 10.9. The molecule has 0 aliphatic rings. The molecule has 2 aromatic heterocycles. The highest BCUT2D eigenvalue weighted by molar-refractivity contribution is 6.08. The Morgan fingerprint density at radius 2 is 1.70 bits per heavy atom. The lowest BCUT2D eigenvalue weighted by Gasteiger charge is -2.08. The lowest BCUT2D eigenvalue weighted by Crippen LogP contribution is -2.12. The number of rotatable bonds is 3. The van der Waals surface area contributed by atoms with Gasteiger partial charge in [-0.2, -0.15) is 5.10 Å². The minimum absolute atomic E-state index is 0.219. The third kappa shape index (κ3) is 3.31. The van der Waals surface area contributed by atoms with Crippen molar-refractivity contribution in [3.63, 3.8) is 0 Å². The van der Waals surface area contributed by atoms with Crippen LogP contribution in [0.15, 0.2) is 60.8 Å². The fourth-order valence-electron chi connectivity index (χ4n) is 3.23. The highest BCUT2D eigenvalue weighted by Crippen LogP contribution is 2.24. The fourth-order valence-corrected chi connectivity index (χ4v) is 3.23. The van der Waals surface area contributed by atoms with Gasteiger partial charge in [0.1, 0.15) is 5.56 Å². The number of anilines is 1. The van der Waals surface area contributed by atoms with E-state index in [0.717, 1.165) is 28.2 Å². The molecule has 0 radical (unpaired) electrons. The molecule has 4 rings (SSSR count). The number of nitrogens with zero attached hydrogens (tertiary/aromatic N) is 3. The molecule has 27 heavy (non-hydrogen) atoms. The van der Waals surface area contributed by atoms with Crippen LogP contribution in [0.25, 0.3) is 16.8 Å². The molecule has 0 unspecified atom stereocenters. The van der Waals surface area contributed by atoms with Gasteiger partial charge >= 0.3 is 0 Å². The molecule has 0 atom stereocenters. The van der Waals surface area contributed by atoms with E-state index >= 15 is 0 Å². The van der Waals surface area contributed by atoms with E-state index in [1.54, 1.807) is 10.7 Å². The summed E-state index contributed by atoms with van der Waals surface area (Å²) in [5.41, 5.74) is 6.95. The first kappa shape index (κ1) is 17.0. The maximum atomic E-state index is 12.8. The number of fused-ring (bicyclic) bond motifs is 1. The molecule has 5 heteroatoms. The molecule has 0 spiro atoms. The molecular formula is C22H20N4O. The smallest absolute Gasteiger partial charge is 0.261 e. The molecular weight excluding hydrogens is 336 g/mol. The van der Waals surface area contributed by atoms with Crippen molar-refractivity contribution in [1.29, 1.82) is 0 Å². The third-order valence-electron chi connectivity index (χ3n) is 4.49. The number of carbonyl (C=O) groups is 1. The van der Waals surface area contributed by atoms with Crippen LogP contribution in [0.5, 0.6) is 0 Å². The van der Waals surface area contributed by atoms with Crippen molar-refractivity contribution < 1.29 is 4.79 Å². The van der Waals surface area contributed by atoms with Crippen molar-refractivity contribution in [2.45, 2.75) is 20.8 Å². The maximum absolute atomic E-state index is 12.8. The van der Waals surface area contributed by atoms with Gasteiger partial charge in [0.15, 0.2) is 5.65 Å². The summed E-state index contributed by atoms with van der Waals surface area (Å²) in [6, 6.07) is 18.1. The van der Waals surface area contributed by atoms with E-state index < -0.39 is 0 Å². The molecule has 5 nitrogen and oxygen atoms in total. The van der Waals surface area contributed by atoms with E-state index in [2.05, 4.69) is 40.5 Å². The minimum atomic E-state index is -0.219. The van der Waals surface area contributed by atoms with E-state index in [9.17, 15) is 4.79 Å². The molecule has 0 aliphatic heterocycles. The summed E-state index contributed by atoms with van der Waals surface area (Å²) in [5.74, 6) is -0.219. The zero-order valence-corrected chi connectivity index (χ0v) is 15.5. The second-order valence-electron chi connectivity index (χ2n) is 6.74. The standard InChI is InChI=1S/C22H20N4O/c1-14-6-4-7-17(10-14)18-8-5-9-19(12-18)25-22(27)20-13-23-26-16(3)11-15(2)24-21(20)26/h4-13H,1-3H3,(H,25,27). The van der Waals surface area contributed by atoms with Gasteiger partial charge in [0.25, 0.3) is 5.91 Å². The van der Waals surface area contributed by atoms with Crippen molar-refractivity contribution in [3.05, 3.63) is 83.3 Å². The van der Waals surface area contributed by atoms with Crippen LogP contribution in [0.1, 0.15) is 27.3 Å². The van der Waals surface area contributed by atoms with Gasteiger partial charge in [-0.1, -0.05) is 42.0 Å². The summed E-state index contributed by atoms with van der Waals surface area (Å²) in [4.78, 5) is 17.3. The van der Waals surface area contributed by atoms with E-state index in [1.807, 2.05) is 50.2 Å². The van der Waals surface area contributed by atoms with Crippen LogP contribution in [-0.2, 0) is 0 Å². The van der Waals surface area contributed by atoms with Gasteiger partial charge in [-0.25, -0.2) is 9.50 Å². The Hall–Kier alpha value is -3.47. The first-order valence-corrected chi connectivity index (χ1v) is 8.82. The molecule has 134 valence electrons. The van der Waals surface area contributed by atoms with Crippen LogP contribution in [0.4, 0.5) is 5.69 Å². The SMILES string of the molecule is Cc1cccc(-c2cccc(NC(=O)c3cnn4c(C)cc(C)nc34)c2)c1. The van der Waals surface area contributed by atoms with Gasteiger partial charge in [0, 0.05) is 17.1 Å². The molecule has 0 aliphatic carbocycles. The van der Waals surface area contributed by atoms with Crippen molar-refractivity contribution in [1.82, 2.24) is 14.6 Å². The van der Waals surface area contributed by atoms with E-state index in [1.165, 1.54) is 5.56 Å². The molecule has 0 saturated carbocycles. The Kier molecular flexibility index (Phi) is 4.20. The molecule has 0 bridgehead atoms. The van der Waals surface area contributed by atoms with Crippen molar-refractivity contribution >= 4 is 17.2 Å². The van der Waals surface area contributed by atoms with Crippen LogP contribution in [-0.4, -0.2) is 20.5 Å². The zero-order valence-electron chi connectivity index (χ0n) is 15.5. The molecule has 4 aromatic rings. The minimum Gasteiger partial charge on any atom is -0.322 e. The highest BCUT2D eigenvalue weighted by atomic mass is 16.1. The topological polar surface area (TPSA) is 59.3 Å². The Bertz CT molecular complexity index is 1160. The first-order valence-electron chi connectivity index (χ1n) is 8.82. The number of hydrogen-bond acceptors (Lipinski definition) is 3. The lowest BCUT2D eigenvalue weighted by atomic mass is 10.0. The second-order valence-corrected chi connectivity index (χ2v) is 6.74. The molecule has 1 N–H and O–H groups in total. The Labute approximate surface area is 157 Å². The Morgan fingerprint density at radius 3 is 2.48 bits per heavy atom. The predicted molar refractivity (Wildman–Crippen MR) is 107 cm³/mol. The number of amides is 1. The maximum Gasteiger partial charge on any atom is 0.261 e. The van der Waals surface area contributed by atoms with Gasteiger partial charge in [-0.05, 0) is 50.1 Å². The summed E-state index contributed by atoms with van der Waals surface area (Å²) in [6.45, 7) is 5.92. The van der Waals surface area contributed by atoms with Gasteiger partial charge in [0.05, 0.1) is 6.20 Å². The molecule has 2 heterocycles. The van der Waals surface area contributed by atoms with Crippen molar-refractivity contribution in [2.24, 2.45) is 0 Å². The van der Waals surface area contributed by atoms with Crippen LogP contribution in [0.3, 0.4) is 0 Å². The number of aryl methyl sites for hydroxylation is 3. The zero-order chi connectivity index (χ0) is 19.0. The van der Waals surface area contributed by atoms with E-state index in [0.29, 0.717) is 11.2 Å². The Morgan fingerprint density at radius 1 is 0.963 bits per heavy atom. The van der Waals surface area contributed by atoms with Gasteiger partial charge in [0.2, 0.25) is 0 Å². The third-order valence-corrected chi connectivity index (χ3v) is 4.49. The second kappa shape index (κ2) is 6.68. The summed E-state index contributed by atoms with van der Waals surface area (Å²) in [5, 5.41) is 7.26. The quantitative estimate of drug-likeness (QED) is 0.585. The van der Waals surface area contributed by atoms with E-state index in [4.69, 9.17) is 0 Å². The van der Waals surface area contributed by atoms with E-state index in [-0.39, 0.29) is 5.91 Å². The number of hydrogen-bond donors (Lipinski definition) is 1. The number of benzene rings is 2. The number of carbonyl (C=O) groups excluding carboxylic acids is 1. The van der Waals surface area contributed by atoms with Gasteiger partial charge in [-0.15, -0.1) is 0 Å². The van der Waals surface area contributed by atoms with Crippen LogP contribution in [0, 0.1) is 20.8 Å². The van der Waals surface area contributed by atoms with Crippen molar-refractivity contribution in [3.8, 4) is 11.1 Å². The van der Waals surface area contributed by atoms with Crippen LogP contribution < -0.4 is 5.32 Å². The monoisotopic (exact) mass is 356 g/mol. The summed E-state index contributed by atoms with van der Waals surface area (Å²) in [6.07, 6.45) is 1.56. The summed E-state index contributed by atoms with van der Waals surface area (Å²) in [7, 11) is 0.